The van der Waals surface area contributed by atoms with Crippen LogP contribution >= 0.6 is 11.3 Å². The minimum atomic E-state index is -3.21. The van der Waals surface area contributed by atoms with Crippen molar-refractivity contribution in [3.05, 3.63) is 35.3 Å². The van der Waals surface area contributed by atoms with E-state index in [1.54, 1.807) is 15.6 Å². The lowest BCUT2D eigenvalue weighted by Gasteiger charge is -2.46. The average Bonchev–Trinajstić information content (AvgIpc) is 3.51. The number of fused-ring (bicyclic) bond motifs is 2. The summed E-state index contributed by atoms with van der Waals surface area (Å²) < 4.78 is 32.5. The molecule has 1 aromatic carbocycles. The van der Waals surface area contributed by atoms with Gasteiger partial charge in [0.2, 0.25) is 10.0 Å². The molecule has 2 aliphatic heterocycles. The van der Waals surface area contributed by atoms with Crippen molar-refractivity contribution in [2.75, 3.05) is 57.1 Å². The predicted molar refractivity (Wildman–Crippen MR) is 146 cm³/mol. The number of anilines is 1. The first-order valence-electron chi connectivity index (χ1n) is 12.4. The summed E-state index contributed by atoms with van der Waals surface area (Å²) in [6.45, 7) is 9.56. The summed E-state index contributed by atoms with van der Waals surface area (Å²) in [4.78, 5) is 16.0. The van der Waals surface area contributed by atoms with Crippen molar-refractivity contribution in [1.29, 1.82) is 0 Å². The Bertz CT molecular complexity index is 1560. The van der Waals surface area contributed by atoms with Crippen LogP contribution in [0.25, 0.3) is 32.5 Å². The van der Waals surface area contributed by atoms with Crippen molar-refractivity contribution in [1.82, 2.24) is 29.4 Å². The average molecular weight is 542 g/mol. The Hall–Kier alpha value is -2.64. The van der Waals surface area contributed by atoms with Crippen LogP contribution in [0.3, 0.4) is 0 Å². The van der Waals surface area contributed by atoms with Gasteiger partial charge < -0.3 is 9.64 Å². The van der Waals surface area contributed by atoms with E-state index in [1.807, 2.05) is 24.4 Å². The summed E-state index contributed by atoms with van der Waals surface area (Å²) in [7, 11) is -3.21. The Labute approximate surface area is 220 Å². The Morgan fingerprint density at radius 1 is 1.14 bits per heavy atom. The summed E-state index contributed by atoms with van der Waals surface area (Å²) in [6, 6.07) is 8.21. The molecule has 196 valence electrons. The van der Waals surface area contributed by atoms with Crippen molar-refractivity contribution < 1.29 is 13.2 Å². The Balaban J connectivity index is 1.39. The number of hydrogen-bond donors (Lipinski definition) is 1. The van der Waals surface area contributed by atoms with Crippen molar-refractivity contribution in [3.63, 3.8) is 0 Å². The number of aromatic nitrogens is 4. The van der Waals surface area contributed by atoms with Crippen molar-refractivity contribution in [2.45, 2.75) is 25.9 Å². The molecular weight excluding hydrogens is 510 g/mol. The molecule has 3 aromatic heterocycles. The molecule has 12 heteroatoms. The number of benzene rings is 1. The van der Waals surface area contributed by atoms with Gasteiger partial charge in [-0.2, -0.15) is 9.40 Å². The molecular formula is C25H31N7O3S2. The van der Waals surface area contributed by atoms with E-state index in [-0.39, 0.29) is 5.54 Å². The van der Waals surface area contributed by atoms with Crippen LogP contribution in [0.4, 0.5) is 5.82 Å². The minimum absolute atomic E-state index is 0.279. The molecule has 2 saturated heterocycles. The van der Waals surface area contributed by atoms with Crippen molar-refractivity contribution in [2.24, 2.45) is 0 Å². The highest BCUT2D eigenvalue weighted by Gasteiger charge is 2.37. The number of thiophene rings is 1. The molecule has 37 heavy (non-hydrogen) atoms. The fourth-order valence-electron chi connectivity index (χ4n) is 5.23. The molecule has 2 aliphatic rings. The van der Waals surface area contributed by atoms with Crippen LogP contribution in [-0.2, 0) is 21.3 Å². The van der Waals surface area contributed by atoms with E-state index in [9.17, 15) is 8.42 Å². The van der Waals surface area contributed by atoms with Gasteiger partial charge in [-0.15, -0.1) is 11.3 Å². The zero-order valence-electron chi connectivity index (χ0n) is 21.3. The van der Waals surface area contributed by atoms with Gasteiger partial charge in [0.05, 0.1) is 41.4 Å². The molecule has 0 bridgehead atoms. The Kier molecular flexibility index (Phi) is 6.19. The molecule has 0 saturated carbocycles. The van der Waals surface area contributed by atoms with Crippen LogP contribution < -0.4 is 4.90 Å². The zero-order chi connectivity index (χ0) is 25.8. The summed E-state index contributed by atoms with van der Waals surface area (Å²) in [5.41, 5.74) is 2.56. The third-order valence-electron chi connectivity index (χ3n) is 7.30. The van der Waals surface area contributed by atoms with Gasteiger partial charge in [-0.3, -0.25) is 10.00 Å². The SMILES string of the molecule is CC1(C)CN(S(C)(=O)=O)CCN1Cc1cc2nc(-c3cccc4[nH]ncc34)nc(N3CCOCC3)c2s1. The first-order chi connectivity index (χ1) is 17.7. The molecule has 1 N–H and O–H groups in total. The number of nitrogens with zero attached hydrogens (tertiary/aromatic N) is 6. The number of sulfonamides is 1. The second-order valence-electron chi connectivity index (χ2n) is 10.4. The Morgan fingerprint density at radius 2 is 1.95 bits per heavy atom. The third-order valence-corrected chi connectivity index (χ3v) is 9.65. The smallest absolute Gasteiger partial charge is 0.211 e. The maximum Gasteiger partial charge on any atom is 0.211 e. The number of hydrogen-bond acceptors (Lipinski definition) is 9. The number of rotatable bonds is 5. The molecule has 10 nitrogen and oxygen atoms in total. The first kappa shape index (κ1) is 24.7. The van der Waals surface area contributed by atoms with Crippen molar-refractivity contribution >= 4 is 48.3 Å². The summed E-state index contributed by atoms with van der Waals surface area (Å²) in [5.74, 6) is 1.63. The van der Waals surface area contributed by atoms with Gasteiger partial charge in [0.25, 0.3) is 0 Å². The summed E-state index contributed by atoms with van der Waals surface area (Å²) >= 11 is 1.73. The van der Waals surface area contributed by atoms with Gasteiger partial charge in [-0.05, 0) is 26.0 Å². The molecule has 0 atom stereocenters. The second kappa shape index (κ2) is 9.28. The zero-order valence-corrected chi connectivity index (χ0v) is 22.9. The van der Waals surface area contributed by atoms with Crippen LogP contribution in [0.1, 0.15) is 18.7 Å². The lowest BCUT2D eigenvalue weighted by atomic mass is 10.00. The highest BCUT2D eigenvalue weighted by atomic mass is 32.2. The molecule has 0 unspecified atom stereocenters. The monoisotopic (exact) mass is 541 g/mol. The first-order valence-corrected chi connectivity index (χ1v) is 15.1. The van der Waals surface area contributed by atoms with Crippen molar-refractivity contribution in [3.8, 4) is 11.4 Å². The molecule has 0 aliphatic carbocycles. The third kappa shape index (κ3) is 4.72. The van der Waals surface area contributed by atoms with Crippen LogP contribution in [0.5, 0.6) is 0 Å². The molecule has 5 heterocycles. The Morgan fingerprint density at radius 3 is 2.70 bits per heavy atom. The second-order valence-corrected chi connectivity index (χ2v) is 13.5. The largest absolute Gasteiger partial charge is 0.378 e. The van der Waals surface area contributed by atoms with E-state index in [1.165, 1.54) is 11.1 Å². The number of piperazine rings is 1. The van der Waals surface area contributed by atoms with E-state index < -0.39 is 10.0 Å². The molecule has 0 spiro atoms. The molecule has 4 aromatic rings. The van der Waals surface area contributed by atoms with Gasteiger partial charge in [-0.25, -0.2) is 18.4 Å². The van der Waals surface area contributed by atoms with E-state index in [2.05, 4.69) is 39.9 Å². The molecule has 0 radical (unpaired) electrons. The number of ether oxygens (including phenoxy) is 1. The standard InChI is InChI=1S/C25H31N7O3S2/c1-25(2)16-32(37(3,33)34)8-7-31(25)15-17-13-21-22(36-17)24(30-9-11-35-12-10-30)28-23(27-21)18-5-4-6-20-19(18)14-26-29-20/h4-6,13-14H,7-12,15-16H2,1-3H3,(H,26,29). The van der Waals surface area contributed by atoms with E-state index >= 15 is 0 Å². The maximum atomic E-state index is 12.1. The lowest BCUT2D eigenvalue weighted by Crippen LogP contribution is -2.59. The molecule has 2 fully saturated rings. The number of H-pyrrole nitrogens is 1. The highest BCUT2D eigenvalue weighted by Crippen LogP contribution is 2.37. The van der Waals surface area contributed by atoms with E-state index in [0.29, 0.717) is 38.7 Å². The van der Waals surface area contributed by atoms with E-state index in [4.69, 9.17) is 14.7 Å². The quantitative estimate of drug-likeness (QED) is 0.411. The topological polar surface area (TPSA) is 108 Å². The van der Waals surface area contributed by atoms with E-state index in [0.717, 1.165) is 52.1 Å². The van der Waals surface area contributed by atoms with Gasteiger partial charge in [0, 0.05) is 60.6 Å². The van der Waals surface area contributed by atoms with Crippen LogP contribution in [0.2, 0.25) is 0 Å². The number of nitrogens with one attached hydrogen (secondary N) is 1. The van der Waals surface area contributed by atoms with Gasteiger partial charge in [0.15, 0.2) is 11.6 Å². The van der Waals surface area contributed by atoms with Crippen LogP contribution in [-0.4, -0.2) is 95.5 Å². The van der Waals surface area contributed by atoms with Gasteiger partial charge in [-0.1, -0.05) is 12.1 Å². The summed E-state index contributed by atoms with van der Waals surface area (Å²) in [6.07, 6.45) is 3.11. The van der Waals surface area contributed by atoms with Crippen LogP contribution in [0, 0.1) is 0 Å². The van der Waals surface area contributed by atoms with Gasteiger partial charge >= 0.3 is 0 Å². The minimum Gasteiger partial charge on any atom is -0.378 e. The maximum absolute atomic E-state index is 12.1. The summed E-state index contributed by atoms with van der Waals surface area (Å²) in [5, 5.41) is 8.25. The predicted octanol–water partition coefficient (Wildman–Crippen LogP) is 2.93. The molecule has 0 amide bonds. The molecule has 6 rings (SSSR count). The fourth-order valence-corrected chi connectivity index (χ4v) is 7.32. The number of aromatic amines is 1. The normalized spacial score (nSPS) is 19.7. The highest BCUT2D eigenvalue weighted by molar-refractivity contribution is 7.88. The number of morpholine rings is 1. The van der Waals surface area contributed by atoms with Gasteiger partial charge in [0.1, 0.15) is 0 Å². The fraction of sp³-hybridized carbons (Fsp3) is 0.480. The van der Waals surface area contributed by atoms with Crippen LogP contribution in [0.15, 0.2) is 30.5 Å². The lowest BCUT2D eigenvalue weighted by molar-refractivity contribution is 0.0485.